The molecular formula is C17H23N3O3. The number of amides is 2. The van der Waals surface area contributed by atoms with Gasteiger partial charge in [-0.2, -0.15) is 0 Å². The fourth-order valence-corrected chi connectivity index (χ4v) is 2.63. The molecule has 1 fully saturated rings. The van der Waals surface area contributed by atoms with Gasteiger partial charge in [0.15, 0.2) is 0 Å². The van der Waals surface area contributed by atoms with Crippen molar-refractivity contribution in [3.8, 4) is 0 Å². The van der Waals surface area contributed by atoms with Gasteiger partial charge in [-0.15, -0.1) is 0 Å². The number of likely N-dealkylation sites (N-methyl/N-ethyl adjacent to an activating group) is 1. The zero-order valence-electron chi connectivity index (χ0n) is 13.6. The molecule has 1 aromatic carbocycles. The van der Waals surface area contributed by atoms with Gasteiger partial charge in [-0.3, -0.25) is 14.4 Å². The van der Waals surface area contributed by atoms with Crippen molar-refractivity contribution in [2.75, 3.05) is 38.1 Å². The highest BCUT2D eigenvalue weighted by Gasteiger charge is 2.42. The number of nitrogens with one attached hydrogen (secondary N) is 1. The highest BCUT2D eigenvalue weighted by atomic mass is 16.2. The average Bonchev–Trinajstić information content (AvgIpc) is 2.87. The molecule has 0 bridgehead atoms. The topological polar surface area (TPSA) is 69.7 Å². The standard InChI is InChI=1S/C17H23N3O3/c1-3-20-12-14(15(21)17(20)23)16(22)18-10-7-11-19(2)13-8-5-4-6-9-13/h4-6,8-9,14H,3,7,10-12H2,1-2H3,(H,18,22). The lowest BCUT2D eigenvalue weighted by Crippen LogP contribution is -2.37. The van der Waals surface area contributed by atoms with E-state index in [2.05, 4.69) is 10.2 Å². The first-order chi connectivity index (χ1) is 11.0. The van der Waals surface area contributed by atoms with Crippen LogP contribution in [0.5, 0.6) is 0 Å². The summed E-state index contributed by atoms with van der Waals surface area (Å²) < 4.78 is 0. The molecule has 1 aliphatic rings. The number of nitrogens with zero attached hydrogens (tertiary/aromatic N) is 2. The molecule has 1 saturated heterocycles. The molecule has 0 aromatic heterocycles. The quantitative estimate of drug-likeness (QED) is 0.456. The monoisotopic (exact) mass is 317 g/mol. The van der Waals surface area contributed by atoms with E-state index < -0.39 is 17.6 Å². The molecule has 0 saturated carbocycles. The van der Waals surface area contributed by atoms with Crippen LogP contribution in [0.4, 0.5) is 5.69 Å². The highest BCUT2D eigenvalue weighted by Crippen LogP contribution is 2.14. The van der Waals surface area contributed by atoms with Gasteiger partial charge in [-0.1, -0.05) is 18.2 Å². The van der Waals surface area contributed by atoms with Gasteiger partial charge in [-0.05, 0) is 25.5 Å². The van der Waals surface area contributed by atoms with Crippen LogP contribution < -0.4 is 10.2 Å². The van der Waals surface area contributed by atoms with Crippen LogP contribution in [0.2, 0.25) is 0 Å². The molecule has 0 radical (unpaired) electrons. The van der Waals surface area contributed by atoms with Gasteiger partial charge in [0, 0.05) is 38.9 Å². The number of likely N-dealkylation sites (tertiary alicyclic amines) is 1. The minimum Gasteiger partial charge on any atom is -0.375 e. The Bertz CT molecular complexity index is 574. The van der Waals surface area contributed by atoms with E-state index in [-0.39, 0.29) is 12.5 Å². The number of ketones is 1. The Hall–Kier alpha value is -2.37. The molecule has 1 heterocycles. The van der Waals surface area contributed by atoms with Crippen molar-refractivity contribution >= 4 is 23.3 Å². The third-order valence-corrected chi connectivity index (χ3v) is 4.08. The number of rotatable bonds is 7. The van der Waals surface area contributed by atoms with Crippen LogP contribution in [0, 0.1) is 5.92 Å². The second kappa shape index (κ2) is 7.76. The van der Waals surface area contributed by atoms with E-state index in [1.54, 1.807) is 6.92 Å². The summed E-state index contributed by atoms with van der Waals surface area (Å²) in [5.41, 5.74) is 1.12. The maximum absolute atomic E-state index is 12.1. The van der Waals surface area contributed by atoms with E-state index in [1.807, 2.05) is 37.4 Å². The first-order valence-corrected chi connectivity index (χ1v) is 7.91. The minimum atomic E-state index is -0.852. The maximum atomic E-state index is 12.1. The van der Waals surface area contributed by atoms with Crippen molar-refractivity contribution in [3.05, 3.63) is 30.3 Å². The van der Waals surface area contributed by atoms with E-state index in [1.165, 1.54) is 4.90 Å². The van der Waals surface area contributed by atoms with Crippen LogP contribution >= 0.6 is 0 Å². The third kappa shape index (κ3) is 4.09. The van der Waals surface area contributed by atoms with Crippen molar-refractivity contribution in [1.29, 1.82) is 0 Å². The Morgan fingerprint density at radius 2 is 2.00 bits per heavy atom. The summed E-state index contributed by atoms with van der Waals surface area (Å²) in [5, 5.41) is 2.76. The molecule has 1 unspecified atom stereocenters. The van der Waals surface area contributed by atoms with Gasteiger partial charge in [-0.25, -0.2) is 0 Å². The summed E-state index contributed by atoms with van der Waals surface area (Å²) in [4.78, 5) is 39.0. The highest BCUT2D eigenvalue weighted by molar-refractivity contribution is 6.42. The molecule has 1 aromatic rings. The van der Waals surface area contributed by atoms with Crippen molar-refractivity contribution in [2.45, 2.75) is 13.3 Å². The molecule has 6 nitrogen and oxygen atoms in total. The van der Waals surface area contributed by atoms with Gasteiger partial charge in [0.2, 0.25) is 11.7 Å². The molecule has 2 amide bonds. The van der Waals surface area contributed by atoms with Crippen LogP contribution in [-0.4, -0.2) is 55.7 Å². The molecule has 1 atom stereocenters. The van der Waals surface area contributed by atoms with Gasteiger partial charge in [0.05, 0.1) is 0 Å². The molecule has 124 valence electrons. The summed E-state index contributed by atoms with van der Waals surface area (Å²) in [6, 6.07) is 9.99. The molecule has 0 spiro atoms. The smallest absolute Gasteiger partial charge is 0.290 e. The first-order valence-electron chi connectivity index (χ1n) is 7.91. The summed E-state index contributed by atoms with van der Waals surface area (Å²) in [6.45, 7) is 3.73. The maximum Gasteiger partial charge on any atom is 0.290 e. The van der Waals surface area contributed by atoms with Crippen LogP contribution in [0.25, 0.3) is 0 Å². The largest absolute Gasteiger partial charge is 0.375 e. The summed E-state index contributed by atoms with van der Waals surface area (Å²) in [7, 11) is 2.00. The van der Waals surface area contributed by atoms with Gasteiger partial charge in [0.25, 0.3) is 5.91 Å². The second-order valence-electron chi connectivity index (χ2n) is 5.66. The lowest BCUT2D eigenvalue weighted by molar-refractivity contribution is -0.142. The number of carbonyl (C=O) groups excluding carboxylic acids is 3. The molecule has 1 aliphatic heterocycles. The average molecular weight is 317 g/mol. The molecule has 2 rings (SSSR count). The predicted molar refractivity (Wildman–Crippen MR) is 88.1 cm³/mol. The Morgan fingerprint density at radius 3 is 2.61 bits per heavy atom. The Morgan fingerprint density at radius 1 is 1.30 bits per heavy atom. The fourth-order valence-electron chi connectivity index (χ4n) is 2.63. The number of hydrogen-bond acceptors (Lipinski definition) is 4. The van der Waals surface area contributed by atoms with Gasteiger partial charge in [0.1, 0.15) is 5.92 Å². The zero-order chi connectivity index (χ0) is 16.8. The lowest BCUT2D eigenvalue weighted by Gasteiger charge is -2.19. The minimum absolute atomic E-state index is 0.198. The van der Waals surface area contributed by atoms with E-state index >= 15 is 0 Å². The van der Waals surface area contributed by atoms with Crippen molar-refractivity contribution < 1.29 is 14.4 Å². The van der Waals surface area contributed by atoms with Crippen LogP contribution in [-0.2, 0) is 14.4 Å². The van der Waals surface area contributed by atoms with E-state index in [0.717, 1.165) is 18.7 Å². The fraction of sp³-hybridized carbons (Fsp3) is 0.471. The third-order valence-electron chi connectivity index (χ3n) is 4.08. The van der Waals surface area contributed by atoms with E-state index in [0.29, 0.717) is 13.1 Å². The zero-order valence-corrected chi connectivity index (χ0v) is 13.6. The second-order valence-corrected chi connectivity index (χ2v) is 5.66. The lowest BCUT2D eigenvalue weighted by atomic mass is 10.1. The van der Waals surface area contributed by atoms with E-state index in [9.17, 15) is 14.4 Å². The van der Waals surface area contributed by atoms with Gasteiger partial charge < -0.3 is 15.1 Å². The Kier molecular flexibility index (Phi) is 5.73. The number of para-hydroxylation sites is 1. The number of benzene rings is 1. The normalized spacial score (nSPS) is 17.5. The first kappa shape index (κ1) is 17.0. The van der Waals surface area contributed by atoms with Gasteiger partial charge >= 0.3 is 0 Å². The number of carbonyl (C=O) groups is 3. The summed E-state index contributed by atoms with van der Waals surface area (Å²) in [5.74, 6) is -2.34. The van der Waals surface area contributed by atoms with Crippen molar-refractivity contribution in [2.24, 2.45) is 5.92 Å². The van der Waals surface area contributed by atoms with Crippen LogP contribution in [0.15, 0.2) is 30.3 Å². The SMILES string of the molecule is CCN1CC(C(=O)NCCCN(C)c2ccccc2)C(=O)C1=O. The molecular weight excluding hydrogens is 294 g/mol. The molecule has 6 heteroatoms. The summed E-state index contributed by atoms with van der Waals surface area (Å²) >= 11 is 0. The molecule has 23 heavy (non-hydrogen) atoms. The Labute approximate surface area is 136 Å². The predicted octanol–water partition coefficient (Wildman–Crippen LogP) is 0.676. The summed E-state index contributed by atoms with van der Waals surface area (Å²) in [6.07, 6.45) is 0.767. The Balaban J connectivity index is 1.73. The van der Waals surface area contributed by atoms with E-state index in [4.69, 9.17) is 0 Å². The molecule has 1 N–H and O–H groups in total. The van der Waals surface area contributed by atoms with Crippen LogP contribution in [0.1, 0.15) is 13.3 Å². The van der Waals surface area contributed by atoms with Crippen LogP contribution in [0.3, 0.4) is 0 Å². The van der Waals surface area contributed by atoms with Crippen molar-refractivity contribution in [1.82, 2.24) is 10.2 Å². The molecule has 0 aliphatic carbocycles. The number of Topliss-reactive ketones (excluding diaryl/α,β-unsaturated/α-hetero) is 1. The van der Waals surface area contributed by atoms with Crippen molar-refractivity contribution in [3.63, 3.8) is 0 Å². The number of anilines is 1. The number of hydrogen-bond donors (Lipinski definition) is 1.